The van der Waals surface area contributed by atoms with E-state index in [1.807, 2.05) is 0 Å². The molecular weight excluding hydrogens is 162 g/mol. The molecule has 6 nitrogen and oxygen atoms in total. The summed E-state index contributed by atoms with van der Waals surface area (Å²) in [5.41, 5.74) is 0.624. The van der Waals surface area contributed by atoms with Crippen molar-refractivity contribution in [2.75, 3.05) is 7.11 Å². The molecule has 0 saturated carbocycles. The van der Waals surface area contributed by atoms with E-state index in [-0.39, 0.29) is 6.54 Å². The van der Waals surface area contributed by atoms with Crippen molar-refractivity contribution in [3.63, 3.8) is 0 Å². The van der Waals surface area contributed by atoms with Gasteiger partial charge in [0.15, 0.2) is 0 Å². The van der Waals surface area contributed by atoms with Gasteiger partial charge >= 0.3 is 5.97 Å². The first-order valence-corrected chi connectivity index (χ1v) is 3.32. The number of ether oxygens (including phenoxy) is 1. The van der Waals surface area contributed by atoms with E-state index in [9.17, 15) is 4.79 Å². The standard InChI is InChI=1S/C6H9N3O3/c1-12-4-5-2-9(8-7-5)3-6(10)11/h2H,3-4H2,1H3,(H,10,11). The van der Waals surface area contributed by atoms with Crippen LogP contribution in [0.5, 0.6) is 0 Å². The molecule has 0 unspecified atom stereocenters. The van der Waals surface area contributed by atoms with E-state index in [0.717, 1.165) is 0 Å². The fourth-order valence-electron chi connectivity index (χ4n) is 0.768. The van der Waals surface area contributed by atoms with Crippen molar-refractivity contribution in [2.24, 2.45) is 0 Å². The number of carboxylic acid groups (broad SMARTS) is 1. The molecule has 0 fully saturated rings. The normalized spacial score (nSPS) is 10.1. The second-order valence-electron chi connectivity index (χ2n) is 2.23. The van der Waals surface area contributed by atoms with Gasteiger partial charge in [-0.3, -0.25) is 4.79 Å². The summed E-state index contributed by atoms with van der Waals surface area (Å²) in [5, 5.41) is 15.7. The lowest BCUT2D eigenvalue weighted by atomic mass is 10.5. The quantitative estimate of drug-likeness (QED) is 0.661. The molecule has 0 aliphatic carbocycles. The van der Waals surface area contributed by atoms with Crippen LogP contribution < -0.4 is 0 Å². The molecule has 1 aromatic rings. The third-order valence-corrected chi connectivity index (χ3v) is 1.18. The summed E-state index contributed by atoms with van der Waals surface area (Å²) < 4.78 is 6.03. The minimum Gasteiger partial charge on any atom is -0.480 e. The third kappa shape index (κ3) is 2.31. The van der Waals surface area contributed by atoms with Gasteiger partial charge in [0.1, 0.15) is 12.2 Å². The molecule has 6 heteroatoms. The molecule has 66 valence electrons. The topological polar surface area (TPSA) is 77.2 Å². The van der Waals surface area contributed by atoms with Crippen LogP contribution in [-0.2, 0) is 22.7 Å². The van der Waals surface area contributed by atoms with Gasteiger partial charge in [-0.25, -0.2) is 4.68 Å². The number of carboxylic acids is 1. The molecule has 0 aliphatic rings. The van der Waals surface area contributed by atoms with Crippen LogP contribution in [-0.4, -0.2) is 33.2 Å². The molecule has 0 amide bonds. The highest BCUT2D eigenvalue weighted by molar-refractivity contribution is 5.66. The Morgan fingerprint density at radius 1 is 1.83 bits per heavy atom. The molecule has 1 N–H and O–H groups in total. The smallest absolute Gasteiger partial charge is 0.325 e. The molecule has 0 radical (unpaired) electrons. The van der Waals surface area contributed by atoms with E-state index in [1.54, 1.807) is 0 Å². The average molecular weight is 171 g/mol. The maximum atomic E-state index is 10.2. The Morgan fingerprint density at radius 3 is 3.17 bits per heavy atom. The number of methoxy groups -OCH3 is 1. The van der Waals surface area contributed by atoms with E-state index in [0.29, 0.717) is 12.3 Å². The number of nitrogens with zero attached hydrogens (tertiary/aromatic N) is 3. The van der Waals surface area contributed by atoms with Gasteiger partial charge in [0, 0.05) is 7.11 Å². The Balaban J connectivity index is 2.58. The summed E-state index contributed by atoms with van der Waals surface area (Å²) in [5.74, 6) is -0.941. The zero-order valence-electron chi connectivity index (χ0n) is 6.60. The van der Waals surface area contributed by atoms with Crippen LogP contribution in [0.2, 0.25) is 0 Å². The summed E-state index contributed by atoms with van der Waals surface area (Å²) >= 11 is 0. The predicted molar refractivity (Wildman–Crippen MR) is 38.4 cm³/mol. The average Bonchev–Trinajstić information content (AvgIpc) is 2.36. The lowest BCUT2D eigenvalue weighted by Gasteiger charge is -1.91. The molecule has 0 bridgehead atoms. The summed E-state index contributed by atoms with van der Waals surface area (Å²) in [7, 11) is 1.54. The number of aromatic nitrogens is 3. The predicted octanol–water partition coefficient (Wildman–Crippen LogP) is -0.491. The van der Waals surface area contributed by atoms with Gasteiger partial charge in [-0.15, -0.1) is 5.10 Å². The van der Waals surface area contributed by atoms with Crippen LogP contribution in [0, 0.1) is 0 Å². The van der Waals surface area contributed by atoms with E-state index < -0.39 is 5.97 Å². The number of hydrogen-bond acceptors (Lipinski definition) is 4. The number of hydrogen-bond donors (Lipinski definition) is 1. The Bertz CT molecular complexity index is 271. The van der Waals surface area contributed by atoms with Crippen LogP contribution in [0.4, 0.5) is 0 Å². The number of rotatable bonds is 4. The van der Waals surface area contributed by atoms with Crippen LogP contribution >= 0.6 is 0 Å². The molecule has 0 atom stereocenters. The van der Waals surface area contributed by atoms with Crippen molar-refractivity contribution in [3.05, 3.63) is 11.9 Å². The van der Waals surface area contributed by atoms with Gasteiger partial charge in [0.2, 0.25) is 0 Å². The highest BCUT2D eigenvalue weighted by Gasteiger charge is 2.02. The molecular formula is C6H9N3O3. The van der Waals surface area contributed by atoms with Gasteiger partial charge in [-0.05, 0) is 0 Å². The molecule has 0 spiro atoms. The monoisotopic (exact) mass is 171 g/mol. The summed E-state index contributed by atoms with van der Waals surface area (Å²) in [6.45, 7) is 0.177. The molecule has 1 heterocycles. The minimum absolute atomic E-state index is 0.170. The van der Waals surface area contributed by atoms with Crippen molar-refractivity contribution in [3.8, 4) is 0 Å². The molecule has 1 aromatic heterocycles. The number of carbonyl (C=O) groups is 1. The Labute approximate surface area is 68.8 Å². The Kier molecular flexibility index (Phi) is 2.76. The summed E-state index contributed by atoms with van der Waals surface area (Å²) in [6.07, 6.45) is 1.54. The van der Waals surface area contributed by atoms with Gasteiger partial charge < -0.3 is 9.84 Å². The van der Waals surface area contributed by atoms with Gasteiger partial charge in [-0.2, -0.15) is 0 Å². The largest absolute Gasteiger partial charge is 0.480 e. The first kappa shape index (κ1) is 8.66. The molecule has 1 rings (SSSR count). The van der Waals surface area contributed by atoms with E-state index in [4.69, 9.17) is 9.84 Å². The summed E-state index contributed by atoms with van der Waals surface area (Å²) in [6, 6.07) is 0. The highest BCUT2D eigenvalue weighted by atomic mass is 16.5. The maximum absolute atomic E-state index is 10.2. The van der Waals surface area contributed by atoms with Crippen molar-refractivity contribution in [1.82, 2.24) is 15.0 Å². The molecule has 12 heavy (non-hydrogen) atoms. The van der Waals surface area contributed by atoms with Gasteiger partial charge in [0.25, 0.3) is 0 Å². The van der Waals surface area contributed by atoms with E-state index in [2.05, 4.69) is 10.3 Å². The van der Waals surface area contributed by atoms with Crippen molar-refractivity contribution >= 4 is 5.97 Å². The van der Waals surface area contributed by atoms with Gasteiger partial charge in [-0.1, -0.05) is 5.21 Å². The Hall–Kier alpha value is -1.43. The fraction of sp³-hybridized carbons (Fsp3) is 0.500. The van der Waals surface area contributed by atoms with Crippen molar-refractivity contribution < 1.29 is 14.6 Å². The fourth-order valence-corrected chi connectivity index (χ4v) is 0.768. The zero-order valence-corrected chi connectivity index (χ0v) is 6.60. The highest BCUT2D eigenvalue weighted by Crippen LogP contribution is 1.93. The first-order valence-electron chi connectivity index (χ1n) is 3.32. The second-order valence-corrected chi connectivity index (χ2v) is 2.23. The lowest BCUT2D eigenvalue weighted by molar-refractivity contribution is -0.137. The lowest BCUT2D eigenvalue weighted by Crippen LogP contribution is -2.08. The zero-order chi connectivity index (χ0) is 8.97. The molecule has 0 aromatic carbocycles. The van der Waals surface area contributed by atoms with E-state index >= 15 is 0 Å². The minimum atomic E-state index is -0.941. The first-order chi connectivity index (χ1) is 5.72. The molecule has 0 saturated heterocycles. The molecule has 0 aliphatic heterocycles. The summed E-state index contributed by atoms with van der Waals surface area (Å²) in [4.78, 5) is 10.2. The van der Waals surface area contributed by atoms with Crippen LogP contribution in [0.15, 0.2) is 6.20 Å². The SMILES string of the molecule is COCc1cn(CC(=O)O)nn1. The van der Waals surface area contributed by atoms with Gasteiger partial charge in [0.05, 0.1) is 12.8 Å². The third-order valence-electron chi connectivity index (χ3n) is 1.18. The van der Waals surface area contributed by atoms with Crippen LogP contribution in [0.25, 0.3) is 0 Å². The van der Waals surface area contributed by atoms with Crippen LogP contribution in [0.3, 0.4) is 0 Å². The van der Waals surface area contributed by atoms with E-state index in [1.165, 1.54) is 18.0 Å². The number of aliphatic carboxylic acids is 1. The van der Waals surface area contributed by atoms with Crippen molar-refractivity contribution in [1.29, 1.82) is 0 Å². The van der Waals surface area contributed by atoms with Crippen molar-refractivity contribution in [2.45, 2.75) is 13.2 Å². The van der Waals surface area contributed by atoms with Crippen LogP contribution in [0.1, 0.15) is 5.69 Å². The Morgan fingerprint density at radius 2 is 2.58 bits per heavy atom. The maximum Gasteiger partial charge on any atom is 0.325 e. The second kappa shape index (κ2) is 3.82.